The van der Waals surface area contributed by atoms with Gasteiger partial charge in [0, 0.05) is 30.6 Å². The number of anilines is 1. The van der Waals surface area contributed by atoms with Crippen LogP contribution in [0.25, 0.3) is 5.82 Å². The highest BCUT2D eigenvalue weighted by atomic mass is 16.5. The summed E-state index contributed by atoms with van der Waals surface area (Å²) in [6, 6.07) is 20.9. The molecular formula is C23H21N5O2. The number of aryl methyl sites for hydroxylation is 1. The van der Waals surface area contributed by atoms with Gasteiger partial charge in [0.1, 0.15) is 12.1 Å². The lowest BCUT2D eigenvalue weighted by Crippen LogP contribution is -2.11. The van der Waals surface area contributed by atoms with Crippen LogP contribution in [-0.2, 0) is 11.2 Å². The number of hydrogen-bond acceptors (Lipinski definition) is 5. The molecule has 0 aliphatic rings. The van der Waals surface area contributed by atoms with Crippen molar-refractivity contribution in [1.82, 2.24) is 19.7 Å². The van der Waals surface area contributed by atoms with Gasteiger partial charge in [0.15, 0.2) is 5.82 Å². The summed E-state index contributed by atoms with van der Waals surface area (Å²) in [5.41, 5.74) is 1.97. The van der Waals surface area contributed by atoms with E-state index in [9.17, 15) is 4.79 Å². The molecule has 0 fully saturated rings. The minimum absolute atomic E-state index is 0.000681. The Labute approximate surface area is 174 Å². The van der Waals surface area contributed by atoms with Crippen LogP contribution in [0.2, 0.25) is 0 Å². The highest BCUT2D eigenvalue weighted by Crippen LogP contribution is 2.22. The largest absolute Gasteiger partial charge is 0.439 e. The summed E-state index contributed by atoms with van der Waals surface area (Å²) in [6.45, 7) is 0. The first kappa shape index (κ1) is 19.3. The first-order valence-corrected chi connectivity index (χ1v) is 9.70. The molecule has 0 unspecified atom stereocenters. The fraction of sp³-hybridized carbons (Fsp3) is 0.130. The minimum atomic E-state index is -0.000681. The van der Waals surface area contributed by atoms with Gasteiger partial charge in [0.25, 0.3) is 0 Å². The maximum absolute atomic E-state index is 12.2. The summed E-state index contributed by atoms with van der Waals surface area (Å²) in [5.74, 6) is 1.64. The molecule has 0 saturated heterocycles. The van der Waals surface area contributed by atoms with Crippen LogP contribution in [0.5, 0.6) is 11.6 Å². The molecule has 0 spiro atoms. The lowest BCUT2D eigenvalue weighted by atomic mass is 10.1. The van der Waals surface area contributed by atoms with Crippen molar-refractivity contribution in [2.45, 2.75) is 19.3 Å². The van der Waals surface area contributed by atoms with Gasteiger partial charge in [-0.1, -0.05) is 30.3 Å². The molecule has 2 aromatic carbocycles. The van der Waals surface area contributed by atoms with Crippen LogP contribution in [-0.4, -0.2) is 25.7 Å². The van der Waals surface area contributed by atoms with Crippen molar-refractivity contribution in [3.05, 3.63) is 91.0 Å². The Morgan fingerprint density at radius 2 is 1.83 bits per heavy atom. The normalized spacial score (nSPS) is 10.5. The molecule has 4 rings (SSSR count). The molecule has 0 radical (unpaired) electrons. The zero-order chi connectivity index (χ0) is 20.6. The third kappa shape index (κ3) is 5.29. The van der Waals surface area contributed by atoms with Crippen LogP contribution < -0.4 is 10.1 Å². The second-order valence-electron chi connectivity index (χ2n) is 6.68. The van der Waals surface area contributed by atoms with Gasteiger partial charge in [-0.05, 0) is 48.7 Å². The lowest BCUT2D eigenvalue weighted by molar-refractivity contribution is -0.116. The van der Waals surface area contributed by atoms with Crippen molar-refractivity contribution in [3.8, 4) is 17.4 Å². The van der Waals surface area contributed by atoms with Crippen LogP contribution in [0.1, 0.15) is 18.4 Å². The molecule has 30 heavy (non-hydrogen) atoms. The fourth-order valence-corrected chi connectivity index (χ4v) is 2.96. The third-order valence-electron chi connectivity index (χ3n) is 4.44. The summed E-state index contributed by atoms with van der Waals surface area (Å²) in [4.78, 5) is 20.5. The van der Waals surface area contributed by atoms with E-state index in [0.29, 0.717) is 23.9 Å². The summed E-state index contributed by atoms with van der Waals surface area (Å²) in [5, 5.41) is 7.06. The van der Waals surface area contributed by atoms with E-state index in [2.05, 4.69) is 32.5 Å². The quantitative estimate of drug-likeness (QED) is 0.474. The summed E-state index contributed by atoms with van der Waals surface area (Å²) in [6.07, 6.45) is 7.07. The molecule has 0 aliphatic carbocycles. The first-order chi connectivity index (χ1) is 14.8. The van der Waals surface area contributed by atoms with Crippen molar-refractivity contribution in [2.75, 3.05) is 5.32 Å². The molecule has 1 N–H and O–H groups in total. The number of nitrogens with one attached hydrogen (secondary N) is 1. The molecule has 0 aliphatic heterocycles. The van der Waals surface area contributed by atoms with E-state index >= 15 is 0 Å². The Balaban J connectivity index is 1.29. The number of rotatable bonds is 8. The van der Waals surface area contributed by atoms with Crippen LogP contribution in [0.15, 0.2) is 85.5 Å². The lowest BCUT2D eigenvalue weighted by Gasteiger charge is -2.08. The molecular weight excluding hydrogens is 378 g/mol. The van der Waals surface area contributed by atoms with Gasteiger partial charge < -0.3 is 10.1 Å². The molecule has 150 valence electrons. The second kappa shape index (κ2) is 9.47. The molecule has 7 heteroatoms. The Morgan fingerprint density at radius 3 is 2.60 bits per heavy atom. The van der Waals surface area contributed by atoms with Crippen LogP contribution >= 0.6 is 0 Å². The van der Waals surface area contributed by atoms with E-state index in [0.717, 1.165) is 18.5 Å². The molecule has 0 atom stereocenters. The molecule has 0 bridgehead atoms. The molecule has 4 aromatic rings. The highest BCUT2D eigenvalue weighted by molar-refractivity contribution is 5.90. The number of carbonyl (C=O) groups is 1. The van der Waals surface area contributed by atoms with E-state index in [-0.39, 0.29) is 5.91 Å². The number of benzene rings is 2. The van der Waals surface area contributed by atoms with E-state index in [1.165, 1.54) is 11.9 Å². The number of ether oxygens (including phenoxy) is 1. The van der Waals surface area contributed by atoms with Crippen molar-refractivity contribution < 1.29 is 9.53 Å². The van der Waals surface area contributed by atoms with Crippen LogP contribution in [0.4, 0.5) is 5.69 Å². The highest BCUT2D eigenvalue weighted by Gasteiger charge is 2.06. The number of nitrogens with zero attached hydrogens (tertiary/aromatic N) is 4. The van der Waals surface area contributed by atoms with Crippen molar-refractivity contribution >= 4 is 11.6 Å². The predicted molar refractivity (Wildman–Crippen MR) is 114 cm³/mol. The second-order valence-corrected chi connectivity index (χ2v) is 6.68. The average Bonchev–Trinajstić information content (AvgIpc) is 3.31. The Hall–Kier alpha value is -4.00. The van der Waals surface area contributed by atoms with Gasteiger partial charge in [-0.2, -0.15) is 5.10 Å². The zero-order valence-corrected chi connectivity index (χ0v) is 16.3. The predicted octanol–water partition coefficient (Wildman–Crippen LogP) is 4.42. The first-order valence-electron chi connectivity index (χ1n) is 9.70. The molecule has 0 saturated carbocycles. The zero-order valence-electron chi connectivity index (χ0n) is 16.3. The van der Waals surface area contributed by atoms with Gasteiger partial charge in [0.2, 0.25) is 11.8 Å². The topological polar surface area (TPSA) is 81.9 Å². The number of hydrogen-bond donors (Lipinski definition) is 1. The molecule has 2 heterocycles. The van der Waals surface area contributed by atoms with E-state index in [1.807, 2.05) is 24.3 Å². The van der Waals surface area contributed by atoms with Gasteiger partial charge in [-0.25, -0.2) is 14.6 Å². The van der Waals surface area contributed by atoms with Gasteiger partial charge in [0.05, 0.1) is 0 Å². The Bertz CT molecular complexity index is 1080. The standard InChI is InChI=1S/C23H21N5O2/c29-22(9-4-8-18-6-2-1-3-7-18)27-19-10-12-20(13-11-19)30-23-16-21(24-17-25-23)28-15-5-14-26-28/h1-3,5-7,10-17H,4,8-9H2,(H,27,29). The Kier molecular flexibility index (Phi) is 6.10. The van der Waals surface area contributed by atoms with Crippen molar-refractivity contribution in [1.29, 1.82) is 0 Å². The van der Waals surface area contributed by atoms with E-state index < -0.39 is 0 Å². The number of amides is 1. The van der Waals surface area contributed by atoms with Crippen molar-refractivity contribution in [3.63, 3.8) is 0 Å². The number of aromatic nitrogens is 4. The van der Waals surface area contributed by atoms with Crippen LogP contribution in [0, 0.1) is 0 Å². The third-order valence-corrected chi connectivity index (χ3v) is 4.44. The molecule has 2 aromatic heterocycles. The van der Waals surface area contributed by atoms with Gasteiger partial charge >= 0.3 is 0 Å². The van der Waals surface area contributed by atoms with Gasteiger partial charge in [-0.15, -0.1) is 0 Å². The summed E-state index contributed by atoms with van der Waals surface area (Å²) in [7, 11) is 0. The Morgan fingerprint density at radius 1 is 1.00 bits per heavy atom. The van der Waals surface area contributed by atoms with Gasteiger partial charge in [-0.3, -0.25) is 4.79 Å². The SMILES string of the molecule is O=C(CCCc1ccccc1)Nc1ccc(Oc2cc(-n3cccn3)ncn2)cc1. The van der Waals surface area contributed by atoms with Crippen LogP contribution in [0.3, 0.4) is 0 Å². The van der Waals surface area contributed by atoms with E-state index in [1.54, 1.807) is 47.4 Å². The maximum atomic E-state index is 12.2. The van der Waals surface area contributed by atoms with Crippen molar-refractivity contribution in [2.24, 2.45) is 0 Å². The maximum Gasteiger partial charge on any atom is 0.224 e. The monoisotopic (exact) mass is 399 g/mol. The average molecular weight is 399 g/mol. The smallest absolute Gasteiger partial charge is 0.224 e. The molecule has 7 nitrogen and oxygen atoms in total. The summed E-state index contributed by atoms with van der Waals surface area (Å²) < 4.78 is 7.42. The summed E-state index contributed by atoms with van der Waals surface area (Å²) >= 11 is 0. The fourth-order valence-electron chi connectivity index (χ4n) is 2.96. The van der Waals surface area contributed by atoms with E-state index in [4.69, 9.17) is 4.74 Å². The minimum Gasteiger partial charge on any atom is -0.439 e. The molecule has 1 amide bonds. The number of carbonyl (C=O) groups excluding carboxylic acids is 1.